The maximum absolute atomic E-state index is 11.8. The summed E-state index contributed by atoms with van der Waals surface area (Å²) < 4.78 is 6.13. The van der Waals surface area contributed by atoms with E-state index in [-0.39, 0.29) is 5.97 Å². The van der Waals surface area contributed by atoms with E-state index < -0.39 is 0 Å². The number of rotatable bonds is 2. The van der Waals surface area contributed by atoms with Gasteiger partial charge >= 0.3 is 5.97 Å². The molecule has 0 aliphatic heterocycles. The third kappa shape index (κ3) is 3.17. The van der Waals surface area contributed by atoms with Crippen molar-refractivity contribution >= 4 is 21.9 Å². The number of carbonyl (C=O) groups excluding carboxylic acids is 1. The summed E-state index contributed by atoms with van der Waals surface area (Å²) in [4.78, 5) is 11.8. The number of aryl methyl sites for hydroxylation is 1. The van der Waals surface area contributed by atoms with Gasteiger partial charge in [-0.15, -0.1) is 0 Å². The van der Waals surface area contributed by atoms with Crippen LogP contribution < -0.4 is 4.74 Å². The van der Waals surface area contributed by atoms with Crippen LogP contribution in [0.15, 0.2) is 53.0 Å². The molecule has 17 heavy (non-hydrogen) atoms. The third-order valence-electron chi connectivity index (χ3n) is 2.26. The Bertz CT molecular complexity index is 549. The molecular formula is C14H11BrO2. The fourth-order valence-corrected chi connectivity index (χ4v) is 1.86. The standard InChI is InChI=1S/C14H11BrO2/c1-10-4-2-7-13(8-10)17-14(16)11-5-3-6-12(15)9-11/h2-9H,1H3. The number of hydrogen-bond acceptors (Lipinski definition) is 2. The van der Waals surface area contributed by atoms with Gasteiger partial charge in [0.25, 0.3) is 0 Å². The summed E-state index contributed by atoms with van der Waals surface area (Å²) in [5.41, 5.74) is 1.59. The van der Waals surface area contributed by atoms with Crippen LogP contribution in [-0.2, 0) is 0 Å². The van der Waals surface area contributed by atoms with Crippen molar-refractivity contribution in [2.75, 3.05) is 0 Å². The van der Waals surface area contributed by atoms with Crippen LogP contribution in [0, 0.1) is 6.92 Å². The van der Waals surface area contributed by atoms with Crippen LogP contribution in [0.5, 0.6) is 5.75 Å². The molecule has 0 aliphatic carbocycles. The number of carbonyl (C=O) groups is 1. The second kappa shape index (κ2) is 5.15. The number of esters is 1. The van der Waals surface area contributed by atoms with Gasteiger partial charge in [-0.2, -0.15) is 0 Å². The van der Waals surface area contributed by atoms with Gasteiger partial charge in [0.15, 0.2) is 0 Å². The smallest absolute Gasteiger partial charge is 0.343 e. The number of benzene rings is 2. The first-order valence-electron chi connectivity index (χ1n) is 5.19. The summed E-state index contributed by atoms with van der Waals surface area (Å²) in [6.45, 7) is 1.95. The molecule has 0 unspecified atom stereocenters. The van der Waals surface area contributed by atoms with Crippen LogP contribution in [0.3, 0.4) is 0 Å². The first kappa shape index (κ1) is 11.9. The maximum Gasteiger partial charge on any atom is 0.343 e. The van der Waals surface area contributed by atoms with E-state index in [0.717, 1.165) is 10.0 Å². The molecule has 0 saturated heterocycles. The minimum Gasteiger partial charge on any atom is -0.423 e. The van der Waals surface area contributed by atoms with E-state index in [1.807, 2.05) is 31.2 Å². The lowest BCUT2D eigenvalue weighted by Crippen LogP contribution is -2.08. The minimum atomic E-state index is -0.350. The molecule has 0 aromatic heterocycles. The summed E-state index contributed by atoms with van der Waals surface area (Å²) in [6, 6.07) is 14.5. The highest BCUT2D eigenvalue weighted by atomic mass is 79.9. The molecule has 0 fully saturated rings. The molecule has 3 heteroatoms. The van der Waals surface area contributed by atoms with Gasteiger partial charge in [-0.05, 0) is 42.8 Å². The van der Waals surface area contributed by atoms with Gasteiger partial charge in [-0.25, -0.2) is 4.79 Å². The topological polar surface area (TPSA) is 26.3 Å². The van der Waals surface area contributed by atoms with Gasteiger partial charge in [-0.1, -0.05) is 34.1 Å². The Morgan fingerprint density at radius 3 is 2.59 bits per heavy atom. The zero-order chi connectivity index (χ0) is 12.3. The van der Waals surface area contributed by atoms with Crippen molar-refractivity contribution in [1.82, 2.24) is 0 Å². The van der Waals surface area contributed by atoms with Gasteiger partial charge in [0.05, 0.1) is 5.56 Å². The molecule has 2 nitrogen and oxygen atoms in total. The van der Waals surface area contributed by atoms with E-state index in [2.05, 4.69) is 15.9 Å². The second-order valence-electron chi connectivity index (χ2n) is 3.72. The number of ether oxygens (including phenoxy) is 1. The number of hydrogen-bond donors (Lipinski definition) is 0. The molecule has 86 valence electrons. The van der Waals surface area contributed by atoms with Crippen LogP contribution >= 0.6 is 15.9 Å². The van der Waals surface area contributed by atoms with Crippen molar-refractivity contribution in [3.8, 4) is 5.75 Å². The van der Waals surface area contributed by atoms with Crippen molar-refractivity contribution < 1.29 is 9.53 Å². The van der Waals surface area contributed by atoms with Gasteiger partial charge in [0, 0.05) is 4.47 Å². The average molecular weight is 291 g/mol. The van der Waals surface area contributed by atoms with Crippen LogP contribution in [-0.4, -0.2) is 5.97 Å². The van der Waals surface area contributed by atoms with E-state index in [1.165, 1.54) is 0 Å². The molecule has 0 amide bonds. The molecule has 0 bridgehead atoms. The summed E-state index contributed by atoms with van der Waals surface area (Å²) >= 11 is 3.32. The highest BCUT2D eigenvalue weighted by molar-refractivity contribution is 9.10. The van der Waals surface area contributed by atoms with Crippen molar-refractivity contribution in [1.29, 1.82) is 0 Å². The van der Waals surface area contributed by atoms with Crippen LogP contribution in [0.4, 0.5) is 0 Å². The fraction of sp³-hybridized carbons (Fsp3) is 0.0714. The molecular weight excluding hydrogens is 280 g/mol. The van der Waals surface area contributed by atoms with E-state index in [4.69, 9.17) is 4.74 Å². The lowest BCUT2D eigenvalue weighted by molar-refractivity contribution is 0.0734. The van der Waals surface area contributed by atoms with E-state index in [9.17, 15) is 4.79 Å². The fourth-order valence-electron chi connectivity index (χ4n) is 1.46. The Kier molecular flexibility index (Phi) is 3.59. The van der Waals surface area contributed by atoms with Gasteiger partial charge < -0.3 is 4.74 Å². The average Bonchev–Trinajstić information content (AvgIpc) is 2.29. The van der Waals surface area contributed by atoms with Crippen LogP contribution in [0.1, 0.15) is 15.9 Å². The van der Waals surface area contributed by atoms with Crippen molar-refractivity contribution in [3.63, 3.8) is 0 Å². The van der Waals surface area contributed by atoms with E-state index in [0.29, 0.717) is 11.3 Å². The zero-order valence-corrected chi connectivity index (χ0v) is 10.9. The number of halogens is 1. The minimum absolute atomic E-state index is 0.350. The molecule has 2 rings (SSSR count). The first-order chi connectivity index (χ1) is 8.15. The van der Waals surface area contributed by atoms with Crippen LogP contribution in [0.25, 0.3) is 0 Å². The van der Waals surface area contributed by atoms with Gasteiger partial charge in [0.2, 0.25) is 0 Å². The van der Waals surface area contributed by atoms with Gasteiger partial charge in [-0.3, -0.25) is 0 Å². The predicted octanol–water partition coefficient (Wildman–Crippen LogP) is 3.98. The molecule has 0 heterocycles. The summed E-state index contributed by atoms with van der Waals surface area (Å²) in [5, 5.41) is 0. The molecule has 2 aromatic rings. The Morgan fingerprint density at radius 1 is 1.12 bits per heavy atom. The molecule has 2 aromatic carbocycles. The lowest BCUT2D eigenvalue weighted by Gasteiger charge is -2.05. The highest BCUT2D eigenvalue weighted by Gasteiger charge is 2.08. The molecule has 0 N–H and O–H groups in total. The second-order valence-corrected chi connectivity index (χ2v) is 4.63. The zero-order valence-electron chi connectivity index (χ0n) is 9.31. The van der Waals surface area contributed by atoms with Crippen molar-refractivity contribution in [2.45, 2.75) is 6.92 Å². The Hall–Kier alpha value is -1.61. The molecule has 0 radical (unpaired) electrons. The molecule has 0 atom stereocenters. The Labute approximate surface area is 108 Å². The van der Waals surface area contributed by atoms with Crippen molar-refractivity contribution in [2.24, 2.45) is 0 Å². The first-order valence-corrected chi connectivity index (χ1v) is 5.99. The Balaban J connectivity index is 2.17. The SMILES string of the molecule is Cc1cccc(OC(=O)c2cccc(Br)c2)c1. The van der Waals surface area contributed by atoms with E-state index >= 15 is 0 Å². The lowest BCUT2D eigenvalue weighted by atomic mass is 10.2. The van der Waals surface area contributed by atoms with E-state index in [1.54, 1.807) is 24.3 Å². The Morgan fingerprint density at radius 2 is 1.88 bits per heavy atom. The quantitative estimate of drug-likeness (QED) is 0.618. The van der Waals surface area contributed by atoms with Crippen molar-refractivity contribution in [3.05, 3.63) is 64.1 Å². The summed E-state index contributed by atoms with van der Waals surface area (Å²) in [6.07, 6.45) is 0. The summed E-state index contributed by atoms with van der Waals surface area (Å²) in [7, 11) is 0. The molecule has 0 aliphatic rings. The largest absolute Gasteiger partial charge is 0.423 e. The van der Waals surface area contributed by atoms with Gasteiger partial charge in [0.1, 0.15) is 5.75 Å². The monoisotopic (exact) mass is 290 g/mol. The highest BCUT2D eigenvalue weighted by Crippen LogP contribution is 2.16. The molecule has 0 spiro atoms. The normalized spacial score (nSPS) is 10.0. The summed E-state index contributed by atoms with van der Waals surface area (Å²) in [5.74, 6) is 0.215. The maximum atomic E-state index is 11.8. The predicted molar refractivity (Wildman–Crippen MR) is 70.3 cm³/mol. The third-order valence-corrected chi connectivity index (χ3v) is 2.75. The van der Waals surface area contributed by atoms with Crippen LogP contribution in [0.2, 0.25) is 0 Å². The molecule has 0 saturated carbocycles.